The van der Waals surface area contributed by atoms with Crippen LogP contribution in [0.1, 0.15) is 11.3 Å². The minimum Gasteiger partial charge on any atom is -0.804 e. The molecule has 1 heterocycles. The fourth-order valence-corrected chi connectivity index (χ4v) is 2.55. The van der Waals surface area contributed by atoms with E-state index in [0.717, 1.165) is 6.07 Å². The van der Waals surface area contributed by atoms with Gasteiger partial charge in [0.2, 0.25) is 0 Å². The van der Waals surface area contributed by atoms with E-state index in [9.17, 15) is 28.5 Å². The molecule has 0 aliphatic rings. The van der Waals surface area contributed by atoms with Gasteiger partial charge in [0.15, 0.2) is 5.69 Å². The van der Waals surface area contributed by atoms with Crippen molar-refractivity contribution < 1.29 is 17.6 Å². The Labute approximate surface area is 143 Å². The first-order chi connectivity index (χ1) is 11.7. The van der Waals surface area contributed by atoms with Gasteiger partial charge >= 0.3 is 11.9 Å². The molecule has 5 nitrogen and oxygen atoms in total. The molecule has 0 saturated carbocycles. The lowest BCUT2D eigenvalue weighted by Crippen LogP contribution is -2.24. The smallest absolute Gasteiger partial charge is 0.416 e. The van der Waals surface area contributed by atoms with Gasteiger partial charge < -0.3 is 9.94 Å². The summed E-state index contributed by atoms with van der Waals surface area (Å²) in [7, 11) is 0. The molecule has 0 bridgehead atoms. The van der Waals surface area contributed by atoms with E-state index in [-0.39, 0.29) is 25.9 Å². The molecular weight excluding hydrogens is 359 g/mol. The summed E-state index contributed by atoms with van der Waals surface area (Å²) in [6, 6.07) is 9.53. The number of nitrogens with zero attached hydrogens (tertiary/aromatic N) is 3. The molecule has 3 aromatic rings. The average Bonchev–Trinajstić information content (AvgIpc) is 2.57. The minimum atomic E-state index is -4.68. The Kier molecular flexibility index (Phi) is 3.89. The van der Waals surface area contributed by atoms with E-state index in [1.165, 1.54) is 24.3 Å². The summed E-state index contributed by atoms with van der Waals surface area (Å²) in [5, 5.41) is 22.0. The fourth-order valence-electron chi connectivity index (χ4n) is 2.43. The van der Waals surface area contributed by atoms with E-state index < -0.39 is 23.0 Å². The van der Waals surface area contributed by atoms with Gasteiger partial charge in [0, 0.05) is 16.0 Å². The van der Waals surface area contributed by atoms with Crippen LogP contribution >= 0.6 is 11.6 Å². The lowest BCUT2D eigenvalue weighted by atomic mass is 10.1. The monoisotopic (exact) mass is 365 g/mol. The third-order valence-electron chi connectivity index (χ3n) is 3.59. The van der Waals surface area contributed by atoms with Gasteiger partial charge in [-0.1, -0.05) is 11.6 Å². The van der Waals surface area contributed by atoms with Gasteiger partial charge in [-0.25, -0.2) is 0 Å². The number of hydrogen-bond acceptors (Lipinski definition) is 3. The van der Waals surface area contributed by atoms with Crippen molar-refractivity contribution in [1.82, 2.24) is 4.73 Å². The highest BCUT2D eigenvalue weighted by molar-refractivity contribution is 6.30. The van der Waals surface area contributed by atoms with E-state index in [1.807, 2.05) is 0 Å². The zero-order valence-electron chi connectivity index (χ0n) is 12.2. The molecule has 0 spiro atoms. The number of aromatic nitrogens is 2. The third-order valence-corrected chi connectivity index (χ3v) is 3.85. The van der Waals surface area contributed by atoms with E-state index in [1.54, 1.807) is 6.07 Å². The van der Waals surface area contributed by atoms with Gasteiger partial charge in [-0.15, -0.1) is 0 Å². The number of halogens is 4. The first kappa shape index (κ1) is 16.8. The predicted octanol–water partition coefficient (Wildman–Crippen LogP) is 4.11. The lowest BCUT2D eigenvalue weighted by molar-refractivity contribution is -0.452. The van der Waals surface area contributed by atoms with E-state index >= 15 is 0 Å². The largest absolute Gasteiger partial charge is 0.804 e. The molecule has 0 radical (unpaired) electrons. The molecule has 0 unspecified atom stereocenters. The molecule has 1 aromatic heterocycles. The molecule has 126 valence electrons. The van der Waals surface area contributed by atoms with Crippen molar-refractivity contribution in [2.75, 3.05) is 0 Å². The summed E-state index contributed by atoms with van der Waals surface area (Å²) >= 11 is 5.78. The number of benzene rings is 2. The predicted molar refractivity (Wildman–Crippen MR) is 84.2 cm³/mol. The molecule has 0 amide bonds. The molecule has 0 aliphatic carbocycles. The van der Waals surface area contributed by atoms with Gasteiger partial charge in [-0.3, -0.25) is 0 Å². The van der Waals surface area contributed by atoms with Crippen LogP contribution in [-0.2, 0) is 6.18 Å². The van der Waals surface area contributed by atoms with Crippen molar-refractivity contribution in [2.45, 2.75) is 6.18 Å². The molecule has 0 fully saturated rings. The van der Waals surface area contributed by atoms with Gasteiger partial charge in [0.25, 0.3) is 5.52 Å². The maximum Gasteiger partial charge on any atom is 0.416 e. The van der Waals surface area contributed by atoms with Crippen LogP contribution in [0.15, 0.2) is 42.5 Å². The van der Waals surface area contributed by atoms with Crippen molar-refractivity contribution in [3.8, 4) is 17.3 Å². The van der Waals surface area contributed by atoms with Crippen LogP contribution in [0.3, 0.4) is 0 Å². The number of hydrogen-bond donors (Lipinski definition) is 0. The topological polar surface area (TPSA) is 74.8 Å². The van der Waals surface area contributed by atoms with Crippen LogP contribution < -0.4 is 4.43 Å². The van der Waals surface area contributed by atoms with Crippen LogP contribution in [0.2, 0.25) is 5.02 Å². The number of fused-ring (bicyclic) bond motifs is 1. The Morgan fingerprint density at radius 2 is 1.80 bits per heavy atom. The molecular formula is C16H7ClF3N3O2. The maximum absolute atomic E-state index is 12.8. The van der Waals surface area contributed by atoms with Gasteiger partial charge in [0.05, 0.1) is 15.6 Å². The summed E-state index contributed by atoms with van der Waals surface area (Å²) in [5.74, 6) is 0. The summed E-state index contributed by atoms with van der Waals surface area (Å²) in [4.78, 5) is 12.6. The highest BCUT2D eigenvalue weighted by Crippen LogP contribution is 2.32. The van der Waals surface area contributed by atoms with Crippen LogP contribution in [0.25, 0.3) is 22.3 Å². The quantitative estimate of drug-likeness (QED) is 0.609. The Balaban J connectivity index is 2.41. The summed E-state index contributed by atoms with van der Waals surface area (Å²) in [6.07, 6.45) is -4.68. The van der Waals surface area contributed by atoms with Gasteiger partial charge in [-0.2, -0.15) is 18.4 Å². The maximum atomic E-state index is 12.8. The summed E-state index contributed by atoms with van der Waals surface area (Å²) in [5.41, 5.74) is -2.55. The van der Waals surface area contributed by atoms with Crippen LogP contribution in [0.4, 0.5) is 13.2 Å². The zero-order chi connectivity index (χ0) is 18.4. The lowest BCUT2D eigenvalue weighted by Gasteiger charge is -2.16. The Morgan fingerprint density at radius 3 is 2.36 bits per heavy atom. The normalized spacial score (nSPS) is 11.5. The van der Waals surface area contributed by atoms with Crippen molar-refractivity contribution in [1.29, 1.82) is 5.26 Å². The van der Waals surface area contributed by atoms with Crippen molar-refractivity contribution in [3.63, 3.8) is 0 Å². The number of nitriles is 1. The van der Waals surface area contributed by atoms with E-state index in [2.05, 4.69) is 0 Å². The number of alkyl halides is 3. The fraction of sp³-hybridized carbons (Fsp3) is 0.0625. The molecule has 3 rings (SSSR count). The summed E-state index contributed by atoms with van der Waals surface area (Å²) < 4.78 is 38.8. The Bertz CT molecular complexity index is 1080. The number of rotatable bonds is 1. The van der Waals surface area contributed by atoms with Crippen molar-refractivity contribution in [3.05, 3.63) is 68.9 Å². The molecule has 25 heavy (non-hydrogen) atoms. The van der Waals surface area contributed by atoms with Gasteiger partial charge in [0.1, 0.15) is 11.6 Å². The summed E-state index contributed by atoms with van der Waals surface area (Å²) in [6.45, 7) is 0. The van der Waals surface area contributed by atoms with Crippen LogP contribution in [0, 0.1) is 21.4 Å². The van der Waals surface area contributed by atoms with Crippen LogP contribution in [-0.4, -0.2) is 4.73 Å². The zero-order valence-corrected chi connectivity index (χ0v) is 13.0. The first-order valence-electron chi connectivity index (χ1n) is 6.80. The molecule has 0 saturated heterocycles. The molecule has 0 N–H and O–H groups in total. The molecule has 0 atom stereocenters. The highest BCUT2D eigenvalue weighted by Gasteiger charge is 2.32. The highest BCUT2D eigenvalue weighted by atomic mass is 35.5. The second kappa shape index (κ2) is 5.79. The Morgan fingerprint density at radius 1 is 1.16 bits per heavy atom. The van der Waals surface area contributed by atoms with Crippen molar-refractivity contribution in [2.24, 2.45) is 0 Å². The first-order valence-corrected chi connectivity index (χ1v) is 7.18. The Hall–Kier alpha value is -3.05. The van der Waals surface area contributed by atoms with Gasteiger partial charge in [-0.05, 0) is 36.4 Å². The third kappa shape index (κ3) is 2.79. The molecule has 9 heteroatoms. The average molecular weight is 366 g/mol. The standard InChI is InChI=1S/C16H7ClF3N3O2/c17-11-4-1-9(2-5-11)15-14(8-21)22(24)13-7-10(16(18,19)20)3-6-12(13)23(15)25/h1-7H. The second-order valence-electron chi connectivity index (χ2n) is 5.11. The van der Waals surface area contributed by atoms with Crippen LogP contribution in [0.5, 0.6) is 0 Å². The van der Waals surface area contributed by atoms with E-state index in [4.69, 9.17) is 11.6 Å². The second-order valence-corrected chi connectivity index (χ2v) is 5.54. The van der Waals surface area contributed by atoms with E-state index in [0.29, 0.717) is 17.2 Å². The SMILES string of the molecule is N#Cc1c(-c2ccc(Cl)cc2)[n+](=O)c2ccc(C(F)(F)F)cc2n1[O-]. The molecule has 0 aliphatic heterocycles. The van der Waals surface area contributed by atoms with Crippen molar-refractivity contribution >= 4 is 22.6 Å². The molecule has 2 aromatic carbocycles. The minimum absolute atomic E-state index is 0.0307.